The average molecular weight is 602 g/mol. The van der Waals surface area contributed by atoms with E-state index in [0.717, 1.165) is 16.0 Å². The number of nitrogens with zero attached hydrogens (tertiary/aromatic N) is 4. The van der Waals surface area contributed by atoms with E-state index in [9.17, 15) is 13.2 Å². The Morgan fingerprint density at radius 1 is 1.10 bits per heavy atom. The minimum Gasteiger partial charge on any atom is -0.351 e. The Bertz CT molecular complexity index is 1810. The van der Waals surface area contributed by atoms with Crippen molar-refractivity contribution in [2.75, 3.05) is 22.9 Å². The highest BCUT2D eigenvalue weighted by Gasteiger charge is 2.28. The van der Waals surface area contributed by atoms with E-state index in [-0.39, 0.29) is 17.3 Å². The lowest BCUT2D eigenvalue weighted by Crippen LogP contribution is -2.31. The topological polar surface area (TPSA) is 108 Å². The highest BCUT2D eigenvalue weighted by atomic mass is 32.2. The molecular formula is C30H27N5O3S3. The van der Waals surface area contributed by atoms with E-state index >= 15 is 0 Å². The Balaban J connectivity index is 1.55. The van der Waals surface area contributed by atoms with Crippen LogP contribution in [0.15, 0.2) is 96.3 Å². The molecule has 1 amide bonds. The smallest absolute Gasteiger partial charge is 0.264 e. The van der Waals surface area contributed by atoms with Gasteiger partial charge in [-0.1, -0.05) is 36.4 Å². The number of nitriles is 1. The lowest BCUT2D eigenvalue weighted by Gasteiger charge is -2.26. The first kappa shape index (κ1) is 28.4. The Labute approximate surface area is 247 Å². The summed E-state index contributed by atoms with van der Waals surface area (Å²) in [6, 6.07) is 24.9. The predicted molar refractivity (Wildman–Crippen MR) is 165 cm³/mol. The number of benzene rings is 3. The van der Waals surface area contributed by atoms with Crippen molar-refractivity contribution in [2.24, 2.45) is 0 Å². The van der Waals surface area contributed by atoms with Gasteiger partial charge in [0, 0.05) is 35.1 Å². The fourth-order valence-electron chi connectivity index (χ4n) is 4.40. The zero-order valence-electron chi connectivity index (χ0n) is 22.2. The van der Waals surface area contributed by atoms with Crippen LogP contribution in [0.2, 0.25) is 0 Å². The van der Waals surface area contributed by atoms with E-state index in [4.69, 9.17) is 5.26 Å². The molecule has 41 heavy (non-hydrogen) atoms. The van der Waals surface area contributed by atoms with Crippen LogP contribution in [0.1, 0.15) is 26.5 Å². The molecule has 1 N–H and O–H groups in total. The van der Waals surface area contributed by atoms with Gasteiger partial charge in [0.25, 0.3) is 15.9 Å². The maximum absolute atomic E-state index is 14.1. The molecule has 0 atom stereocenters. The molecule has 0 saturated heterocycles. The van der Waals surface area contributed by atoms with Gasteiger partial charge in [-0.15, -0.1) is 11.3 Å². The van der Waals surface area contributed by atoms with Gasteiger partial charge in [-0.05, 0) is 54.3 Å². The van der Waals surface area contributed by atoms with Crippen molar-refractivity contribution < 1.29 is 13.2 Å². The lowest BCUT2D eigenvalue weighted by atomic mass is 10.1. The monoisotopic (exact) mass is 601 g/mol. The number of nitrogens with one attached hydrogen (secondary N) is 1. The molecule has 0 bridgehead atoms. The second kappa shape index (κ2) is 12.6. The van der Waals surface area contributed by atoms with Gasteiger partial charge in [0.05, 0.1) is 45.7 Å². The minimum absolute atomic E-state index is 0.0255. The molecular weight excluding hydrogens is 575 g/mol. The molecule has 3 aromatic carbocycles. The molecule has 0 fully saturated rings. The number of carbonyl (C=O) groups excluding carboxylic acids is 1. The molecule has 8 nitrogen and oxygen atoms in total. The van der Waals surface area contributed by atoms with Gasteiger partial charge < -0.3 is 9.88 Å². The third kappa shape index (κ3) is 6.30. The van der Waals surface area contributed by atoms with Crippen molar-refractivity contribution >= 4 is 54.8 Å². The third-order valence-corrected chi connectivity index (χ3v) is 9.98. The Morgan fingerprint density at radius 3 is 2.61 bits per heavy atom. The van der Waals surface area contributed by atoms with Crippen LogP contribution < -0.4 is 9.62 Å². The molecule has 0 aliphatic rings. The van der Waals surface area contributed by atoms with E-state index in [1.807, 2.05) is 35.1 Å². The van der Waals surface area contributed by atoms with E-state index in [1.54, 1.807) is 78.9 Å². The molecule has 0 spiro atoms. The zero-order chi connectivity index (χ0) is 28.8. The molecule has 11 heteroatoms. The van der Waals surface area contributed by atoms with Crippen molar-refractivity contribution in [3.63, 3.8) is 0 Å². The number of sulfonamides is 1. The summed E-state index contributed by atoms with van der Waals surface area (Å²) >= 11 is 2.99. The number of imidazole rings is 1. The molecule has 0 saturated carbocycles. The SMILES string of the molecule is CSCCNC(=O)c1cc2c(N(Cc3cncn3Cc3ccc(C#N)cc3)S(=O)(=O)c3ccccc3)cccc2s1. The van der Waals surface area contributed by atoms with Gasteiger partial charge >= 0.3 is 0 Å². The van der Waals surface area contributed by atoms with Crippen LogP contribution in [-0.4, -0.2) is 42.4 Å². The Kier molecular flexibility index (Phi) is 8.73. The number of rotatable bonds is 11. The molecule has 5 rings (SSSR count). The van der Waals surface area contributed by atoms with Gasteiger partial charge in [0.1, 0.15) is 0 Å². The number of amides is 1. The van der Waals surface area contributed by atoms with Gasteiger partial charge in [0.15, 0.2) is 0 Å². The van der Waals surface area contributed by atoms with Gasteiger partial charge in [-0.3, -0.25) is 9.10 Å². The van der Waals surface area contributed by atoms with Crippen molar-refractivity contribution in [3.8, 4) is 6.07 Å². The summed E-state index contributed by atoms with van der Waals surface area (Å²) in [5.74, 6) is 0.630. The minimum atomic E-state index is -3.99. The number of thioether (sulfide) groups is 1. The van der Waals surface area contributed by atoms with Crippen LogP contribution in [0, 0.1) is 11.3 Å². The number of thiophene rings is 1. The third-order valence-electron chi connectivity index (χ3n) is 6.49. The lowest BCUT2D eigenvalue weighted by molar-refractivity contribution is 0.0960. The van der Waals surface area contributed by atoms with Crippen molar-refractivity contribution in [1.82, 2.24) is 14.9 Å². The van der Waals surface area contributed by atoms with Crippen LogP contribution in [-0.2, 0) is 23.1 Å². The van der Waals surface area contributed by atoms with Crippen LogP contribution in [0.4, 0.5) is 5.69 Å². The largest absolute Gasteiger partial charge is 0.351 e. The highest BCUT2D eigenvalue weighted by molar-refractivity contribution is 7.98. The highest BCUT2D eigenvalue weighted by Crippen LogP contribution is 2.37. The number of fused-ring (bicyclic) bond motifs is 1. The summed E-state index contributed by atoms with van der Waals surface area (Å²) in [6.45, 7) is 1.04. The first-order valence-electron chi connectivity index (χ1n) is 12.8. The fourth-order valence-corrected chi connectivity index (χ4v) is 7.18. The molecule has 0 radical (unpaired) electrons. The van der Waals surface area contributed by atoms with Crippen LogP contribution in [0.25, 0.3) is 10.1 Å². The summed E-state index contributed by atoms with van der Waals surface area (Å²) < 4.78 is 32.4. The number of hydrogen-bond acceptors (Lipinski definition) is 7. The number of carbonyl (C=O) groups is 1. The molecule has 2 aromatic heterocycles. The number of hydrogen-bond donors (Lipinski definition) is 1. The molecule has 0 unspecified atom stereocenters. The second-order valence-electron chi connectivity index (χ2n) is 9.19. The van der Waals surface area contributed by atoms with E-state index in [2.05, 4.69) is 16.4 Å². The predicted octanol–water partition coefficient (Wildman–Crippen LogP) is 5.51. The normalized spacial score (nSPS) is 11.3. The van der Waals surface area contributed by atoms with Crippen LogP contribution >= 0.6 is 23.1 Å². The fraction of sp³-hybridized carbons (Fsp3) is 0.167. The molecule has 0 aliphatic carbocycles. The average Bonchev–Trinajstić information content (AvgIpc) is 3.64. The van der Waals surface area contributed by atoms with Gasteiger partial charge in [-0.2, -0.15) is 17.0 Å². The summed E-state index contributed by atoms with van der Waals surface area (Å²) in [5.41, 5.74) is 2.70. The summed E-state index contributed by atoms with van der Waals surface area (Å²) in [6.07, 6.45) is 5.31. The Morgan fingerprint density at radius 2 is 1.88 bits per heavy atom. The first-order valence-corrected chi connectivity index (χ1v) is 16.4. The molecule has 0 aliphatic heterocycles. The number of anilines is 1. The van der Waals surface area contributed by atoms with Gasteiger partial charge in [0.2, 0.25) is 0 Å². The molecule has 5 aromatic rings. The van der Waals surface area contributed by atoms with E-state index in [0.29, 0.717) is 40.3 Å². The Hall–Kier alpha value is -4.11. The quantitative estimate of drug-likeness (QED) is 0.200. The molecule has 208 valence electrons. The van der Waals surface area contributed by atoms with E-state index < -0.39 is 10.0 Å². The summed E-state index contributed by atoms with van der Waals surface area (Å²) in [4.78, 5) is 17.8. The standard InChI is InChI=1S/C30H27N5O3S3/c1-39-15-14-33-30(36)29-16-26-27(8-5-9-28(26)40-29)35(41(37,38)25-6-3-2-4-7-25)20-24-18-32-21-34(24)19-23-12-10-22(17-31)11-13-23/h2-13,16,18,21H,14-15,19-20H2,1H3,(H,33,36). The van der Waals surface area contributed by atoms with Gasteiger partial charge in [-0.25, -0.2) is 13.4 Å². The number of aromatic nitrogens is 2. The maximum Gasteiger partial charge on any atom is 0.264 e. The van der Waals surface area contributed by atoms with Crippen molar-refractivity contribution in [2.45, 2.75) is 18.0 Å². The summed E-state index contributed by atoms with van der Waals surface area (Å²) in [7, 11) is -3.99. The summed E-state index contributed by atoms with van der Waals surface area (Å²) in [5, 5.41) is 12.7. The van der Waals surface area contributed by atoms with Crippen LogP contribution in [0.3, 0.4) is 0 Å². The first-order chi connectivity index (χ1) is 19.9. The maximum atomic E-state index is 14.1. The zero-order valence-corrected chi connectivity index (χ0v) is 24.7. The van der Waals surface area contributed by atoms with Crippen LogP contribution in [0.5, 0.6) is 0 Å². The second-order valence-corrected chi connectivity index (χ2v) is 13.1. The molecule has 2 heterocycles. The van der Waals surface area contributed by atoms with Crippen molar-refractivity contribution in [1.29, 1.82) is 5.26 Å². The van der Waals surface area contributed by atoms with E-state index in [1.165, 1.54) is 15.6 Å². The van der Waals surface area contributed by atoms with Crippen molar-refractivity contribution in [3.05, 3.63) is 113 Å².